The van der Waals surface area contributed by atoms with Crippen molar-refractivity contribution in [3.8, 4) is 0 Å². The average Bonchev–Trinajstić information content (AvgIpc) is 2.36. The molecule has 0 radical (unpaired) electrons. The van der Waals surface area contributed by atoms with Crippen molar-refractivity contribution in [1.82, 2.24) is 5.32 Å². The monoisotopic (exact) mass is 260 g/mol. The second-order valence-electron chi connectivity index (χ2n) is 3.94. The number of hydrogen-bond donors (Lipinski definition) is 2. The molecule has 0 unspecified atom stereocenters. The summed E-state index contributed by atoms with van der Waals surface area (Å²) in [5.41, 5.74) is 7.71. The van der Waals surface area contributed by atoms with Crippen LogP contribution in [0.3, 0.4) is 0 Å². The third kappa shape index (κ3) is 3.25. The zero-order valence-electron chi connectivity index (χ0n) is 9.69. The summed E-state index contributed by atoms with van der Waals surface area (Å²) in [6.45, 7) is 0.439. The molecule has 4 heteroatoms. The summed E-state index contributed by atoms with van der Waals surface area (Å²) in [6.07, 6.45) is 0. The number of anilines is 1. The number of nitrogens with two attached hydrogens (primary N) is 1. The van der Waals surface area contributed by atoms with Crippen LogP contribution in [0.5, 0.6) is 0 Å². The number of hydrogen-bond acceptors (Lipinski definition) is 2. The Morgan fingerprint density at radius 1 is 1.17 bits per heavy atom. The predicted molar refractivity (Wildman–Crippen MR) is 73.5 cm³/mol. The Hall–Kier alpha value is -2.00. The van der Waals surface area contributed by atoms with Crippen molar-refractivity contribution >= 4 is 23.2 Å². The third-order valence-electron chi connectivity index (χ3n) is 2.49. The smallest absolute Gasteiger partial charge is 0.251 e. The lowest BCUT2D eigenvalue weighted by molar-refractivity contribution is 0.0951. The number of carbonyl (C=O) groups excluding carboxylic acids is 1. The highest BCUT2D eigenvalue weighted by molar-refractivity contribution is 6.30. The summed E-state index contributed by atoms with van der Waals surface area (Å²) in [4.78, 5) is 11.9. The van der Waals surface area contributed by atoms with Gasteiger partial charge in [0.1, 0.15) is 0 Å². The van der Waals surface area contributed by atoms with Crippen molar-refractivity contribution in [2.24, 2.45) is 0 Å². The van der Waals surface area contributed by atoms with Crippen molar-refractivity contribution < 1.29 is 4.79 Å². The summed E-state index contributed by atoms with van der Waals surface area (Å²) in [6, 6.07) is 14.2. The van der Waals surface area contributed by atoms with Gasteiger partial charge in [-0.2, -0.15) is 0 Å². The lowest BCUT2D eigenvalue weighted by atomic mass is 10.2. The summed E-state index contributed by atoms with van der Waals surface area (Å²) in [5.74, 6) is -0.151. The number of halogens is 1. The number of nitrogen functional groups attached to an aromatic ring is 1. The summed E-state index contributed by atoms with van der Waals surface area (Å²) < 4.78 is 0. The Morgan fingerprint density at radius 2 is 1.94 bits per heavy atom. The van der Waals surface area contributed by atoms with Crippen LogP contribution in [0, 0.1) is 0 Å². The molecule has 0 spiro atoms. The molecule has 92 valence electrons. The van der Waals surface area contributed by atoms with Crippen LogP contribution >= 0.6 is 11.6 Å². The van der Waals surface area contributed by atoms with Crippen molar-refractivity contribution in [3.05, 3.63) is 64.7 Å². The molecule has 3 N–H and O–H groups in total. The van der Waals surface area contributed by atoms with E-state index >= 15 is 0 Å². The van der Waals surface area contributed by atoms with E-state index in [-0.39, 0.29) is 5.91 Å². The van der Waals surface area contributed by atoms with Crippen LogP contribution < -0.4 is 11.1 Å². The van der Waals surface area contributed by atoms with Gasteiger partial charge in [-0.3, -0.25) is 4.79 Å². The second-order valence-corrected chi connectivity index (χ2v) is 4.37. The van der Waals surface area contributed by atoms with Gasteiger partial charge in [-0.1, -0.05) is 29.8 Å². The van der Waals surface area contributed by atoms with Crippen LogP contribution in [-0.2, 0) is 6.54 Å². The van der Waals surface area contributed by atoms with Crippen LogP contribution in [0.2, 0.25) is 5.02 Å². The third-order valence-corrected chi connectivity index (χ3v) is 2.73. The predicted octanol–water partition coefficient (Wildman–Crippen LogP) is 2.85. The topological polar surface area (TPSA) is 55.1 Å². The highest BCUT2D eigenvalue weighted by Gasteiger charge is 2.05. The second kappa shape index (κ2) is 5.56. The Bertz CT molecular complexity index is 569. The van der Waals surface area contributed by atoms with E-state index in [0.29, 0.717) is 22.8 Å². The molecule has 3 nitrogen and oxygen atoms in total. The van der Waals surface area contributed by atoms with Crippen LogP contribution in [-0.4, -0.2) is 5.91 Å². The Labute approximate surface area is 111 Å². The van der Waals surface area contributed by atoms with E-state index in [9.17, 15) is 4.79 Å². The van der Waals surface area contributed by atoms with Gasteiger partial charge in [0.05, 0.1) is 0 Å². The summed E-state index contributed by atoms with van der Waals surface area (Å²) in [7, 11) is 0. The highest BCUT2D eigenvalue weighted by Crippen LogP contribution is 2.11. The molecule has 0 fully saturated rings. The Kier molecular flexibility index (Phi) is 3.85. The highest BCUT2D eigenvalue weighted by atomic mass is 35.5. The minimum atomic E-state index is -0.151. The first-order chi connectivity index (χ1) is 8.65. The zero-order valence-corrected chi connectivity index (χ0v) is 10.4. The number of benzene rings is 2. The fraction of sp³-hybridized carbons (Fsp3) is 0.0714. The van der Waals surface area contributed by atoms with Gasteiger partial charge in [0.2, 0.25) is 0 Å². The first-order valence-corrected chi connectivity index (χ1v) is 5.91. The molecule has 0 saturated carbocycles. The minimum absolute atomic E-state index is 0.151. The van der Waals surface area contributed by atoms with Crippen molar-refractivity contribution in [2.75, 3.05) is 5.73 Å². The molecule has 18 heavy (non-hydrogen) atoms. The van der Waals surface area contributed by atoms with E-state index in [1.54, 1.807) is 30.3 Å². The van der Waals surface area contributed by atoms with Crippen molar-refractivity contribution in [1.29, 1.82) is 0 Å². The first-order valence-electron chi connectivity index (χ1n) is 5.53. The maximum Gasteiger partial charge on any atom is 0.251 e. The molecule has 0 bridgehead atoms. The molecule has 0 atom stereocenters. The molecule has 2 aromatic rings. The van der Waals surface area contributed by atoms with Gasteiger partial charge < -0.3 is 11.1 Å². The van der Waals surface area contributed by atoms with Crippen LogP contribution in [0.15, 0.2) is 48.5 Å². The maximum atomic E-state index is 11.9. The first kappa shape index (κ1) is 12.5. The number of rotatable bonds is 3. The van der Waals surface area contributed by atoms with E-state index in [1.165, 1.54) is 0 Å². The summed E-state index contributed by atoms with van der Waals surface area (Å²) in [5, 5.41) is 3.47. The van der Waals surface area contributed by atoms with E-state index in [1.807, 2.05) is 18.2 Å². The fourth-order valence-corrected chi connectivity index (χ4v) is 1.82. The standard InChI is InChI=1S/C14H13ClN2O/c15-12-5-1-3-10(7-12)9-17-14(18)11-4-2-6-13(16)8-11/h1-8H,9,16H2,(H,17,18). The number of nitrogens with one attached hydrogen (secondary N) is 1. The SMILES string of the molecule is Nc1cccc(C(=O)NCc2cccc(Cl)c2)c1. The van der Waals surface area contributed by atoms with E-state index in [2.05, 4.69) is 5.32 Å². The maximum absolute atomic E-state index is 11.9. The minimum Gasteiger partial charge on any atom is -0.399 e. The molecule has 2 rings (SSSR count). The molecular weight excluding hydrogens is 248 g/mol. The van der Waals surface area contributed by atoms with Crippen LogP contribution in [0.25, 0.3) is 0 Å². The Morgan fingerprint density at radius 3 is 2.67 bits per heavy atom. The van der Waals surface area contributed by atoms with Gasteiger partial charge in [0, 0.05) is 22.8 Å². The largest absolute Gasteiger partial charge is 0.399 e. The van der Waals surface area contributed by atoms with E-state index in [0.717, 1.165) is 5.56 Å². The fourth-order valence-electron chi connectivity index (χ4n) is 1.61. The van der Waals surface area contributed by atoms with Gasteiger partial charge in [0.15, 0.2) is 0 Å². The Balaban J connectivity index is 2.00. The molecule has 2 aromatic carbocycles. The van der Waals surface area contributed by atoms with Gasteiger partial charge in [-0.15, -0.1) is 0 Å². The van der Waals surface area contributed by atoms with Gasteiger partial charge >= 0.3 is 0 Å². The summed E-state index contributed by atoms with van der Waals surface area (Å²) >= 11 is 5.87. The van der Waals surface area contributed by atoms with Crippen molar-refractivity contribution in [3.63, 3.8) is 0 Å². The molecular formula is C14H13ClN2O. The molecule has 0 heterocycles. The molecule has 1 amide bonds. The number of amides is 1. The molecule has 0 aliphatic rings. The zero-order chi connectivity index (χ0) is 13.0. The van der Waals surface area contributed by atoms with E-state index < -0.39 is 0 Å². The van der Waals surface area contributed by atoms with Crippen LogP contribution in [0.1, 0.15) is 15.9 Å². The quantitative estimate of drug-likeness (QED) is 0.834. The number of carbonyl (C=O) groups is 1. The van der Waals surface area contributed by atoms with Gasteiger partial charge in [0.25, 0.3) is 5.91 Å². The normalized spacial score (nSPS) is 10.1. The lowest BCUT2D eigenvalue weighted by Gasteiger charge is -2.06. The van der Waals surface area contributed by atoms with Gasteiger partial charge in [-0.25, -0.2) is 0 Å². The molecule has 0 saturated heterocycles. The average molecular weight is 261 g/mol. The van der Waals surface area contributed by atoms with Crippen LogP contribution in [0.4, 0.5) is 5.69 Å². The van der Waals surface area contributed by atoms with E-state index in [4.69, 9.17) is 17.3 Å². The molecule has 0 aliphatic carbocycles. The molecule has 0 aliphatic heterocycles. The van der Waals surface area contributed by atoms with Crippen molar-refractivity contribution in [2.45, 2.75) is 6.54 Å². The molecule has 0 aromatic heterocycles. The lowest BCUT2D eigenvalue weighted by Crippen LogP contribution is -2.22. The van der Waals surface area contributed by atoms with Gasteiger partial charge in [-0.05, 0) is 35.9 Å².